The third-order valence-corrected chi connectivity index (χ3v) is 3.07. The van der Waals surface area contributed by atoms with Crippen LogP contribution >= 0.6 is 0 Å². The van der Waals surface area contributed by atoms with Gasteiger partial charge in [-0.3, -0.25) is 4.79 Å². The first kappa shape index (κ1) is 11.9. The Morgan fingerprint density at radius 1 is 1.29 bits per heavy atom. The van der Waals surface area contributed by atoms with Crippen molar-refractivity contribution in [2.75, 3.05) is 18.0 Å². The van der Waals surface area contributed by atoms with E-state index in [4.69, 9.17) is 5.73 Å². The molecule has 2 atom stereocenters. The standard InChI is InChI=1S/C13H19N3O/c1-9-7-16(8-10(2)15-9)12-6-4-3-5-11(12)13(14)17/h3-6,9-10,15H,7-8H2,1-2H3,(H2,14,17)/t9-,10+. The van der Waals surface area contributed by atoms with E-state index < -0.39 is 0 Å². The van der Waals surface area contributed by atoms with E-state index in [2.05, 4.69) is 24.1 Å². The summed E-state index contributed by atoms with van der Waals surface area (Å²) >= 11 is 0. The van der Waals surface area contributed by atoms with Crippen LogP contribution in [0.15, 0.2) is 24.3 Å². The maximum atomic E-state index is 11.4. The fourth-order valence-corrected chi connectivity index (χ4v) is 2.48. The largest absolute Gasteiger partial charge is 0.368 e. The van der Waals surface area contributed by atoms with E-state index in [-0.39, 0.29) is 5.91 Å². The Hall–Kier alpha value is -1.55. The molecule has 92 valence electrons. The molecule has 2 rings (SSSR count). The molecule has 0 aromatic heterocycles. The maximum Gasteiger partial charge on any atom is 0.250 e. The minimum Gasteiger partial charge on any atom is -0.368 e. The van der Waals surface area contributed by atoms with Crippen LogP contribution in [0.5, 0.6) is 0 Å². The maximum absolute atomic E-state index is 11.4. The van der Waals surface area contributed by atoms with Gasteiger partial charge in [-0.2, -0.15) is 0 Å². The molecule has 0 aliphatic carbocycles. The Kier molecular flexibility index (Phi) is 3.33. The molecular weight excluding hydrogens is 214 g/mol. The smallest absolute Gasteiger partial charge is 0.250 e. The van der Waals surface area contributed by atoms with E-state index in [1.807, 2.05) is 18.2 Å². The van der Waals surface area contributed by atoms with Crippen molar-refractivity contribution in [3.8, 4) is 0 Å². The van der Waals surface area contributed by atoms with Crippen molar-refractivity contribution < 1.29 is 4.79 Å². The van der Waals surface area contributed by atoms with E-state index in [9.17, 15) is 4.79 Å². The Labute approximate surface area is 102 Å². The van der Waals surface area contributed by atoms with Gasteiger partial charge in [0.1, 0.15) is 0 Å². The summed E-state index contributed by atoms with van der Waals surface area (Å²) < 4.78 is 0. The summed E-state index contributed by atoms with van der Waals surface area (Å²) in [4.78, 5) is 13.6. The predicted molar refractivity (Wildman–Crippen MR) is 69.2 cm³/mol. The van der Waals surface area contributed by atoms with Crippen LogP contribution in [0.2, 0.25) is 0 Å². The molecule has 0 spiro atoms. The molecule has 1 amide bonds. The molecule has 0 saturated carbocycles. The molecule has 0 unspecified atom stereocenters. The number of carbonyl (C=O) groups excluding carboxylic acids is 1. The first-order valence-corrected chi connectivity index (χ1v) is 5.97. The summed E-state index contributed by atoms with van der Waals surface area (Å²) in [5.74, 6) is -0.362. The third-order valence-electron chi connectivity index (χ3n) is 3.07. The van der Waals surface area contributed by atoms with E-state index >= 15 is 0 Å². The summed E-state index contributed by atoms with van der Waals surface area (Å²) in [5.41, 5.74) is 6.96. The molecule has 0 bridgehead atoms. The minimum atomic E-state index is -0.362. The lowest BCUT2D eigenvalue weighted by atomic mass is 10.1. The Morgan fingerprint density at radius 3 is 2.47 bits per heavy atom. The summed E-state index contributed by atoms with van der Waals surface area (Å²) in [5, 5.41) is 3.47. The fraction of sp³-hybridized carbons (Fsp3) is 0.462. The van der Waals surface area contributed by atoms with Crippen molar-refractivity contribution in [2.24, 2.45) is 5.73 Å². The second kappa shape index (κ2) is 4.75. The van der Waals surface area contributed by atoms with E-state index in [1.54, 1.807) is 6.07 Å². The number of carbonyl (C=O) groups is 1. The van der Waals surface area contributed by atoms with Crippen LogP contribution in [-0.4, -0.2) is 31.1 Å². The summed E-state index contributed by atoms with van der Waals surface area (Å²) in [6, 6.07) is 8.37. The Balaban J connectivity index is 2.30. The third kappa shape index (κ3) is 2.58. The lowest BCUT2D eigenvalue weighted by Gasteiger charge is -2.38. The number of hydrogen-bond acceptors (Lipinski definition) is 3. The molecule has 1 aliphatic rings. The number of nitrogens with one attached hydrogen (secondary N) is 1. The van der Waals surface area contributed by atoms with Crippen LogP contribution in [0.25, 0.3) is 0 Å². The normalized spacial score (nSPS) is 24.7. The topological polar surface area (TPSA) is 58.4 Å². The van der Waals surface area contributed by atoms with Crippen LogP contribution in [0, 0.1) is 0 Å². The second-order valence-electron chi connectivity index (χ2n) is 4.76. The summed E-state index contributed by atoms with van der Waals surface area (Å²) in [6.07, 6.45) is 0. The molecule has 3 N–H and O–H groups in total. The predicted octanol–water partition coefficient (Wildman–Crippen LogP) is 0.972. The highest BCUT2D eigenvalue weighted by atomic mass is 16.1. The summed E-state index contributed by atoms with van der Waals surface area (Å²) in [7, 11) is 0. The fourth-order valence-electron chi connectivity index (χ4n) is 2.48. The average Bonchev–Trinajstić information content (AvgIpc) is 2.27. The van der Waals surface area contributed by atoms with E-state index in [0.717, 1.165) is 18.8 Å². The first-order chi connectivity index (χ1) is 8.08. The van der Waals surface area contributed by atoms with Crippen LogP contribution in [-0.2, 0) is 0 Å². The number of benzene rings is 1. The van der Waals surface area contributed by atoms with Gasteiger partial charge in [-0.25, -0.2) is 0 Å². The van der Waals surface area contributed by atoms with E-state index in [0.29, 0.717) is 17.6 Å². The Bertz CT molecular complexity index is 409. The van der Waals surface area contributed by atoms with Crippen molar-refractivity contribution >= 4 is 11.6 Å². The highest BCUT2D eigenvalue weighted by molar-refractivity contribution is 5.98. The number of nitrogens with two attached hydrogens (primary N) is 1. The number of rotatable bonds is 2. The van der Waals surface area contributed by atoms with Crippen LogP contribution in [0.4, 0.5) is 5.69 Å². The molecular formula is C13H19N3O. The van der Waals surface area contributed by atoms with Gasteiger partial charge in [-0.05, 0) is 26.0 Å². The van der Waals surface area contributed by atoms with Crippen molar-refractivity contribution in [1.82, 2.24) is 5.32 Å². The van der Waals surface area contributed by atoms with Gasteiger partial charge in [-0.1, -0.05) is 12.1 Å². The van der Waals surface area contributed by atoms with Gasteiger partial charge in [0.05, 0.1) is 5.56 Å². The molecule has 1 saturated heterocycles. The number of hydrogen-bond donors (Lipinski definition) is 2. The highest BCUT2D eigenvalue weighted by Gasteiger charge is 2.23. The zero-order chi connectivity index (χ0) is 12.4. The van der Waals surface area contributed by atoms with Gasteiger partial charge < -0.3 is 16.0 Å². The molecule has 1 aromatic carbocycles. The van der Waals surface area contributed by atoms with Crippen molar-refractivity contribution in [3.05, 3.63) is 29.8 Å². The first-order valence-electron chi connectivity index (χ1n) is 5.97. The van der Waals surface area contributed by atoms with Crippen molar-refractivity contribution in [3.63, 3.8) is 0 Å². The minimum absolute atomic E-state index is 0.362. The van der Waals surface area contributed by atoms with Gasteiger partial charge in [0, 0.05) is 30.9 Å². The molecule has 4 heteroatoms. The average molecular weight is 233 g/mol. The van der Waals surface area contributed by atoms with Gasteiger partial charge in [0.15, 0.2) is 0 Å². The number of primary amides is 1. The SMILES string of the molecule is C[C@@H]1CN(c2ccccc2C(N)=O)C[C@H](C)N1. The van der Waals surface area contributed by atoms with Crippen LogP contribution < -0.4 is 16.0 Å². The lowest BCUT2D eigenvalue weighted by molar-refractivity contribution is 0.100. The van der Waals surface area contributed by atoms with E-state index in [1.165, 1.54) is 0 Å². The Morgan fingerprint density at radius 2 is 1.88 bits per heavy atom. The zero-order valence-corrected chi connectivity index (χ0v) is 10.3. The lowest BCUT2D eigenvalue weighted by Crippen LogP contribution is -2.54. The number of nitrogens with zero attached hydrogens (tertiary/aromatic N) is 1. The highest BCUT2D eigenvalue weighted by Crippen LogP contribution is 2.22. The number of piperazine rings is 1. The molecule has 1 aromatic rings. The molecule has 1 fully saturated rings. The quantitative estimate of drug-likeness (QED) is 0.800. The zero-order valence-electron chi connectivity index (χ0n) is 10.3. The second-order valence-corrected chi connectivity index (χ2v) is 4.76. The molecule has 1 heterocycles. The van der Waals surface area contributed by atoms with Crippen molar-refractivity contribution in [1.29, 1.82) is 0 Å². The van der Waals surface area contributed by atoms with Gasteiger partial charge in [0.2, 0.25) is 0 Å². The molecule has 1 aliphatic heterocycles. The number of anilines is 1. The monoisotopic (exact) mass is 233 g/mol. The van der Waals surface area contributed by atoms with Crippen LogP contribution in [0.1, 0.15) is 24.2 Å². The van der Waals surface area contributed by atoms with Gasteiger partial charge in [0.25, 0.3) is 5.91 Å². The van der Waals surface area contributed by atoms with Gasteiger partial charge >= 0.3 is 0 Å². The van der Waals surface area contributed by atoms with Gasteiger partial charge in [-0.15, -0.1) is 0 Å². The number of amides is 1. The van der Waals surface area contributed by atoms with Crippen molar-refractivity contribution in [2.45, 2.75) is 25.9 Å². The molecule has 0 radical (unpaired) electrons. The van der Waals surface area contributed by atoms with Crippen LogP contribution in [0.3, 0.4) is 0 Å². The molecule has 17 heavy (non-hydrogen) atoms. The molecule has 4 nitrogen and oxygen atoms in total. The summed E-state index contributed by atoms with van der Waals surface area (Å²) in [6.45, 7) is 6.09. The number of para-hydroxylation sites is 1.